The average molecular weight is 409 g/mol. The Hall–Kier alpha value is -2.97. The van der Waals surface area contributed by atoms with Crippen LogP contribution in [0.5, 0.6) is 0 Å². The molecule has 0 unspecified atom stereocenters. The lowest BCUT2D eigenvalue weighted by atomic mass is 10.2. The molecule has 2 aromatic carbocycles. The molecule has 10 heteroatoms. The van der Waals surface area contributed by atoms with E-state index in [9.17, 15) is 19.3 Å². The minimum Gasteiger partial charge on any atom is -0.306 e. The van der Waals surface area contributed by atoms with Gasteiger partial charge in [-0.3, -0.25) is 14.9 Å². The van der Waals surface area contributed by atoms with Gasteiger partial charge in [0, 0.05) is 18.2 Å². The molecule has 3 rings (SSSR count). The Morgan fingerprint density at radius 1 is 1.19 bits per heavy atom. The number of halogens is 3. The monoisotopic (exact) mass is 408 g/mol. The lowest BCUT2D eigenvalue weighted by molar-refractivity contribution is -0.384. The smallest absolute Gasteiger partial charge is 0.269 e. The van der Waals surface area contributed by atoms with Crippen molar-refractivity contribution in [1.29, 1.82) is 0 Å². The number of hydrogen-bond acceptors (Lipinski definition) is 4. The number of nitrogens with one attached hydrogen (secondary N) is 1. The first kappa shape index (κ1) is 18.8. The van der Waals surface area contributed by atoms with Gasteiger partial charge in [0.25, 0.3) is 11.6 Å². The number of benzene rings is 2. The van der Waals surface area contributed by atoms with E-state index in [0.717, 1.165) is 12.1 Å². The largest absolute Gasteiger partial charge is 0.306 e. The van der Waals surface area contributed by atoms with Gasteiger partial charge < -0.3 is 5.32 Å². The molecule has 7 nitrogen and oxygen atoms in total. The molecule has 1 N–H and O–H groups in total. The van der Waals surface area contributed by atoms with Crippen LogP contribution in [0.25, 0.3) is 5.69 Å². The van der Waals surface area contributed by atoms with Crippen LogP contribution in [-0.2, 0) is 0 Å². The van der Waals surface area contributed by atoms with Gasteiger partial charge in [0.1, 0.15) is 11.6 Å². The summed E-state index contributed by atoms with van der Waals surface area (Å²) in [5, 5.41) is 17.4. The summed E-state index contributed by atoms with van der Waals surface area (Å²) in [6, 6.07) is 9.32. The maximum atomic E-state index is 13.7. The predicted molar refractivity (Wildman–Crippen MR) is 99.3 cm³/mol. The van der Waals surface area contributed by atoms with E-state index < -0.39 is 16.6 Å². The number of anilines is 1. The number of carbonyl (C=O) groups excluding carboxylic acids is 1. The van der Waals surface area contributed by atoms with Gasteiger partial charge in [0.15, 0.2) is 0 Å². The number of hydrogen-bond donors (Lipinski definition) is 1. The molecule has 0 aliphatic rings. The highest BCUT2D eigenvalue weighted by atomic mass is 35.5. The van der Waals surface area contributed by atoms with Gasteiger partial charge in [-0.2, -0.15) is 5.10 Å². The van der Waals surface area contributed by atoms with Crippen molar-refractivity contribution in [2.45, 2.75) is 6.92 Å². The average Bonchev–Trinajstić information content (AvgIpc) is 2.98. The standard InChI is InChI=1S/C17H11Cl2FN4O3/c1-9-6-16(21-17(25)12-7-15(20)14(19)8-13(12)18)23(22-9)10-2-4-11(5-3-10)24(26)27/h2-8H,1H3,(H,21,25). The van der Waals surface area contributed by atoms with E-state index in [1.807, 2.05) is 0 Å². The number of non-ortho nitro benzene ring substituents is 1. The van der Waals surface area contributed by atoms with E-state index in [-0.39, 0.29) is 27.1 Å². The number of aryl methyl sites for hydroxylation is 1. The molecular weight excluding hydrogens is 398 g/mol. The second-order valence-corrected chi connectivity index (χ2v) is 6.37. The zero-order chi connectivity index (χ0) is 19.7. The molecular formula is C17H11Cl2FN4O3. The van der Waals surface area contributed by atoms with Crippen molar-refractivity contribution in [3.8, 4) is 5.69 Å². The van der Waals surface area contributed by atoms with Crippen molar-refractivity contribution in [2.75, 3.05) is 5.32 Å². The van der Waals surface area contributed by atoms with E-state index in [1.54, 1.807) is 13.0 Å². The van der Waals surface area contributed by atoms with Crippen LogP contribution in [0.2, 0.25) is 10.0 Å². The fourth-order valence-electron chi connectivity index (χ4n) is 2.38. The number of carbonyl (C=O) groups is 1. The van der Waals surface area contributed by atoms with E-state index >= 15 is 0 Å². The van der Waals surface area contributed by atoms with Crippen molar-refractivity contribution < 1.29 is 14.1 Å². The second kappa shape index (κ2) is 7.34. The Morgan fingerprint density at radius 2 is 1.85 bits per heavy atom. The summed E-state index contributed by atoms with van der Waals surface area (Å²) in [5.74, 6) is -1.14. The third-order valence-corrected chi connectivity index (χ3v) is 4.24. The first-order valence-electron chi connectivity index (χ1n) is 7.53. The highest BCUT2D eigenvalue weighted by Gasteiger charge is 2.17. The van der Waals surface area contributed by atoms with Crippen LogP contribution in [-0.4, -0.2) is 20.6 Å². The van der Waals surface area contributed by atoms with Crippen molar-refractivity contribution in [3.05, 3.63) is 79.7 Å². The fourth-order valence-corrected chi connectivity index (χ4v) is 2.85. The van der Waals surface area contributed by atoms with Crippen LogP contribution < -0.4 is 5.32 Å². The predicted octanol–water partition coefficient (Wildman–Crippen LogP) is 4.79. The normalized spacial score (nSPS) is 10.7. The lowest BCUT2D eigenvalue weighted by Crippen LogP contribution is -2.16. The molecule has 0 aliphatic heterocycles. The van der Waals surface area contributed by atoms with Crippen molar-refractivity contribution >= 4 is 40.6 Å². The van der Waals surface area contributed by atoms with Gasteiger partial charge >= 0.3 is 0 Å². The second-order valence-electron chi connectivity index (χ2n) is 5.56. The maximum Gasteiger partial charge on any atom is 0.269 e. The van der Waals surface area contributed by atoms with Crippen LogP contribution >= 0.6 is 23.2 Å². The Kier molecular flexibility index (Phi) is 5.11. The summed E-state index contributed by atoms with van der Waals surface area (Å²) < 4.78 is 15.1. The topological polar surface area (TPSA) is 90.1 Å². The van der Waals surface area contributed by atoms with Crippen molar-refractivity contribution in [1.82, 2.24) is 9.78 Å². The quantitative estimate of drug-likeness (QED) is 0.381. The summed E-state index contributed by atoms with van der Waals surface area (Å²) >= 11 is 11.6. The Balaban J connectivity index is 1.93. The molecule has 0 radical (unpaired) electrons. The van der Waals surface area contributed by atoms with E-state index in [0.29, 0.717) is 11.4 Å². The fraction of sp³-hybridized carbons (Fsp3) is 0.0588. The molecule has 1 amide bonds. The summed E-state index contributed by atoms with van der Waals surface area (Å²) in [6.07, 6.45) is 0. The lowest BCUT2D eigenvalue weighted by Gasteiger charge is -2.10. The minimum absolute atomic E-state index is 0.00276. The Bertz CT molecular complexity index is 1050. The molecule has 1 aromatic heterocycles. The molecule has 0 saturated carbocycles. The van der Waals surface area contributed by atoms with Gasteiger partial charge in [0.05, 0.1) is 31.9 Å². The van der Waals surface area contributed by atoms with Gasteiger partial charge in [-0.05, 0) is 31.2 Å². The number of nitro benzene ring substituents is 1. The first-order valence-corrected chi connectivity index (χ1v) is 8.29. The van der Waals surface area contributed by atoms with Gasteiger partial charge in [-0.25, -0.2) is 9.07 Å². The molecule has 0 aliphatic carbocycles. The third kappa shape index (κ3) is 3.91. The molecule has 138 valence electrons. The van der Waals surface area contributed by atoms with Gasteiger partial charge in [-0.15, -0.1) is 0 Å². The molecule has 27 heavy (non-hydrogen) atoms. The van der Waals surface area contributed by atoms with Crippen LogP contribution in [0.4, 0.5) is 15.9 Å². The number of nitro groups is 1. The third-order valence-electron chi connectivity index (χ3n) is 3.63. The molecule has 0 saturated heterocycles. The highest BCUT2D eigenvalue weighted by molar-refractivity contribution is 6.37. The zero-order valence-electron chi connectivity index (χ0n) is 13.7. The molecule has 1 heterocycles. The summed E-state index contributed by atoms with van der Waals surface area (Å²) in [5.41, 5.74) is 0.929. The van der Waals surface area contributed by atoms with E-state index in [2.05, 4.69) is 10.4 Å². The number of aromatic nitrogens is 2. The SMILES string of the molecule is Cc1cc(NC(=O)c2cc(F)c(Cl)cc2Cl)n(-c2ccc([N+](=O)[O-])cc2)n1. The minimum atomic E-state index is -0.772. The van der Waals surface area contributed by atoms with Crippen molar-refractivity contribution in [3.63, 3.8) is 0 Å². The zero-order valence-corrected chi connectivity index (χ0v) is 15.3. The molecule has 0 atom stereocenters. The van der Waals surface area contributed by atoms with Crippen LogP contribution in [0.15, 0.2) is 42.5 Å². The van der Waals surface area contributed by atoms with Crippen LogP contribution in [0.1, 0.15) is 16.1 Å². The Labute approximate surface area is 162 Å². The highest BCUT2D eigenvalue weighted by Crippen LogP contribution is 2.26. The van der Waals surface area contributed by atoms with Gasteiger partial charge in [0.2, 0.25) is 0 Å². The summed E-state index contributed by atoms with van der Waals surface area (Å²) in [7, 11) is 0. The summed E-state index contributed by atoms with van der Waals surface area (Å²) in [6.45, 7) is 1.71. The van der Waals surface area contributed by atoms with Gasteiger partial charge in [-0.1, -0.05) is 23.2 Å². The number of amides is 1. The molecule has 0 fully saturated rings. The van der Waals surface area contributed by atoms with E-state index in [4.69, 9.17) is 23.2 Å². The summed E-state index contributed by atoms with van der Waals surface area (Å²) in [4.78, 5) is 22.8. The van der Waals surface area contributed by atoms with E-state index in [1.165, 1.54) is 28.9 Å². The molecule has 0 bridgehead atoms. The first-order chi connectivity index (χ1) is 12.8. The molecule has 0 spiro atoms. The Morgan fingerprint density at radius 3 is 2.48 bits per heavy atom. The number of rotatable bonds is 4. The maximum absolute atomic E-state index is 13.7. The van der Waals surface area contributed by atoms with Crippen LogP contribution in [0.3, 0.4) is 0 Å². The molecule has 3 aromatic rings. The van der Waals surface area contributed by atoms with Crippen LogP contribution in [0, 0.1) is 22.9 Å². The van der Waals surface area contributed by atoms with Crippen molar-refractivity contribution in [2.24, 2.45) is 0 Å². The number of nitrogens with zero attached hydrogens (tertiary/aromatic N) is 3.